The van der Waals surface area contributed by atoms with Crippen molar-refractivity contribution in [3.05, 3.63) is 51.3 Å². The van der Waals surface area contributed by atoms with Gasteiger partial charge in [0.1, 0.15) is 11.8 Å². The number of nitrogens with zero attached hydrogens (tertiary/aromatic N) is 2. The van der Waals surface area contributed by atoms with E-state index in [-0.39, 0.29) is 6.04 Å². The summed E-state index contributed by atoms with van der Waals surface area (Å²) in [5.74, 6) is 0.796. The highest BCUT2D eigenvalue weighted by atomic mass is 79.9. The average Bonchev–Trinajstić information content (AvgIpc) is 2.46. The van der Waals surface area contributed by atoms with Gasteiger partial charge in [-0.05, 0) is 60.5 Å². The second kappa shape index (κ2) is 6.80. The number of aromatic nitrogens is 1. The number of ether oxygens (including phenoxy) is 1. The van der Waals surface area contributed by atoms with Crippen LogP contribution < -0.4 is 10.1 Å². The largest absolute Gasteiger partial charge is 0.496 e. The van der Waals surface area contributed by atoms with Gasteiger partial charge in [-0.25, -0.2) is 0 Å². The molecule has 1 aromatic heterocycles. The predicted octanol–water partition coefficient (Wildman–Crippen LogP) is 4.51. The van der Waals surface area contributed by atoms with Gasteiger partial charge in [-0.15, -0.1) is 0 Å². The molecule has 1 heterocycles. The topological polar surface area (TPSA) is 57.9 Å². The minimum atomic E-state index is 0.0514. The lowest BCUT2D eigenvalue weighted by Gasteiger charge is -2.18. The number of nitriles is 1. The Bertz CT molecular complexity index is 737. The fourth-order valence-corrected chi connectivity index (χ4v) is 2.91. The number of rotatable bonds is 4. The van der Waals surface area contributed by atoms with Gasteiger partial charge < -0.3 is 10.1 Å². The van der Waals surface area contributed by atoms with Gasteiger partial charge in [-0.3, -0.25) is 4.98 Å². The van der Waals surface area contributed by atoms with Gasteiger partial charge in [0, 0.05) is 11.7 Å². The molecule has 0 fully saturated rings. The first-order valence-corrected chi connectivity index (χ1v) is 7.74. The zero-order valence-electron chi connectivity index (χ0n) is 13.1. The molecule has 0 radical (unpaired) electrons. The van der Waals surface area contributed by atoms with Crippen LogP contribution >= 0.6 is 15.9 Å². The van der Waals surface area contributed by atoms with E-state index >= 15 is 0 Å². The fraction of sp³-hybridized carbons (Fsp3) is 0.294. The lowest BCUT2D eigenvalue weighted by Crippen LogP contribution is -2.09. The summed E-state index contributed by atoms with van der Waals surface area (Å²) in [5.41, 5.74) is 4.14. The number of pyridine rings is 1. The number of hydrogen-bond acceptors (Lipinski definition) is 4. The van der Waals surface area contributed by atoms with Gasteiger partial charge in [-0.1, -0.05) is 6.07 Å². The van der Waals surface area contributed by atoms with Crippen molar-refractivity contribution < 1.29 is 4.74 Å². The van der Waals surface area contributed by atoms with Crippen LogP contribution in [0, 0.1) is 25.2 Å². The van der Waals surface area contributed by atoms with Crippen LogP contribution in [0.25, 0.3) is 0 Å². The third-order valence-electron chi connectivity index (χ3n) is 3.49. The lowest BCUT2D eigenvalue weighted by molar-refractivity contribution is 0.412. The summed E-state index contributed by atoms with van der Waals surface area (Å²) in [7, 11) is 1.64. The van der Waals surface area contributed by atoms with Crippen molar-refractivity contribution in [2.45, 2.75) is 26.8 Å². The van der Waals surface area contributed by atoms with Crippen LogP contribution in [0.2, 0.25) is 0 Å². The number of benzene rings is 1. The highest BCUT2D eigenvalue weighted by Gasteiger charge is 2.13. The number of anilines is 1. The molecule has 114 valence electrons. The molecule has 2 aromatic rings. The quantitative estimate of drug-likeness (QED) is 0.871. The van der Waals surface area contributed by atoms with Gasteiger partial charge >= 0.3 is 0 Å². The van der Waals surface area contributed by atoms with Crippen LogP contribution in [0.4, 0.5) is 5.69 Å². The first-order chi connectivity index (χ1) is 10.5. The molecule has 5 heteroatoms. The molecule has 0 aliphatic carbocycles. The van der Waals surface area contributed by atoms with Crippen molar-refractivity contribution in [3.63, 3.8) is 0 Å². The summed E-state index contributed by atoms with van der Waals surface area (Å²) in [6, 6.07) is 10.1. The number of nitrogens with one attached hydrogen (secondary N) is 1. The molecule has 0 spiro atoms. The van der Waals surface area contributed by atoms with Crippen LogP contribution in [0.3, 0.4) is 0 Å². The normalized spacial score (nSPS) is 11.6. The first-order valence-electron chi connectivity index (χ1n) is 6.94. The molecule has 1 unspecified atom stereocenters. The molecule has 0 saturated carbocycles. The molecule has 22 heavy (non-hydrogen) atoms. The molecule has 1 aromatic carbocycles. The maximum Gasteiger partial charge on any atom is 0.133 e. The van der Waals surface area contributed by atoms with Crippen molar-refractivity contribution in [3.8, 4) is 11.8 Å². The SMILES string of the molecule is COc1ccc(C(C)Nc2cc(C)nc(C)c2C#N)cc1Br. The molecule has 0 saturated heterocycles. The Morgan fingerprint density at radius 1 is 1.32 bits per heavy atom. The molecule has 0 aliphatic heterocycles. The van der Waals surface area contributed by atoms with Crippen LogP contribution in [-0.4, -0.2) is 12.1 Å². The third kappa shape index (κ3) is 3.40. The van der Waals surface area contributed by atoms with E-state index in [0.29, 0.717) is 5.56 Å². The van der Waals surface area contributed by atoms with Gasteiger partial charge in [-0.2, -0.15) is 5.26 Å². The van der Waals surface area contributed by atoms with Gasteiger partial charge in [0.05, 0.1) is 28.5 Å². The highest BCUT2D eigenvalue weighted by molar-refractivity contribution is 9.10. The van der Waals surface area contributed by atoms with E-state index in [4.69, 9.17) is 4.74 Å². The lowest BCUT2D eigenvalue weighted by atomic mass is 10.1. The van der Waals surface area contributed by atoms with E-state index in [2.05, 4.69) is 39.2 Å². The Kier molecular flexibility index (Phi) is 5.04. The Balaban J connectivity index is 2.31. The van der Waals surface area contributed by atoms with E-state index in [0.717, 1.165) is 32.9 Å². The molecule has 0 aliphatic rings. The number of halogens is 1. The molecular formula is C17H18BrN3O. The average molecular weight is 360 g/mol. The maximum absolute atomic E-state index is 9.33. The minimum Gasteiger partial charge on any atom is -0.496 e. The van der Waals surface area contributed by atoms with Crippen LogP contribution in [-0.2, 0) is 0 Å². The minimum absolute atomic E-state index is 0.0514. The Morgan fingerprint density at radius 3 is 2.64 bits per heavy atom. The number of aryl methyl sites for hydroxylation is 2. The van der Waals surface area contributed by atoms with Crippen LogP contribution in [0.15, 0.2) is 28.7 Å². The summed E-state index contributed by atoms with van der Waals surface area (Å²) in [5, 5.41) is 12.7. The molecule has 0 bridgehead atoms. The summed E-state index contributed by atoms with van der Waals surface area (Å²) < 4.78 is 6.15. The van der Waals surface area contributed by atoms with Crippen molar-refractivity contribution in [2.75, 3.05) is 12.4 Å². The molecule has 1 atom stereocenters. The number of methoxy groups -OCH3 is 1. The van der Waals surface area contributed by atoms with E-state index in [1.165, 1.54) is 0 Å². The van der Waals surface area contributed by atoms with Gasteiger partial charge in [0.25, 0.3) is 0 Å². The molecule has 1 N–H and O–H groups in total. The summed E-state index contributed by atoms with van der Waals surface area (Å²) >= 11 is 3.50. The fourth-order valence-electron chi connectivity index (χ4n) is 2.35. The molecule has 2 rings (SSSR count). The van der Waals surface area contributed by atoms with E-state index in [1.807, 2.05) is 38.1 Å². The molecule has 4 nitrogen and oxygen atoms in total. The third-order valence-corrected chi connectivity index (χ3v) is 4.11. The predicted molar refractivity (Wildman–Crippen MR) is 91.2 cm³/mol. The van der Waals surface area contributed by atoms with Crippen LogP contribution in [0.5, 0.6) is 5.75 Å². The smallest absolute Gasteiger partial charge is 0.133 e. The zero-order valence-corrected chi connectivity index (χ0v) is 14.7. The van der Waals surface area contributed by atoms with Crippen molar-refractivity contribution >= 4 is 21.6 Å². The molecular weight excluding hydrogens is 342 g/mol. The van der Waals surface area contributed by atoms with Crippen molar-refractivity contribution in [2.24, 2.45) is 0 Å². The summed E-state index contributed by atoms with van der Waals surface area (Å²) in [6.45, 7) is 5.83. The van der Waals surface area contributed by atoms with Crippen molar-refractivity contribution in [1.82, 2.24) is 4.98 Å². The zero-order chi connectivity index (χ0) is 16.3. The monoisotopic (exact) mass is 359 g/mol. The first kappa shape index (κ1) is 16.3. The summed E-state index contributed by atoms with van der Waals surface area (Å²) in [4.78, 5) is 4.34. The Labute approximate surface area is 139 Å². The van der Waals surface area contributed by atoms with Crippen LogP contribution in [0.1, 0.15) is 35.5 Å². The molecule has 0 amide bonds. The van der Waals surface area contributed by atoms with E-state index in [9.17, 15) is 5.26 Å². The van der Waals surface area contributed by atoms with E-state index < -0.39 is 0 Å². The maximum atomic E-state index is 9.33. The second-order valence-corrected chi connectivity index (χ2v) is 6.00. The summed E-state index contributed by atoms with van der Waals surface area (Å²) in [6.07, 6.45) is 0. The Hall–Kier alpha value is -2.06. The highest BCUT2D eigenvalue weighted by Crippen LogP contribution is 2.30. The standard InChI is InChI=1S/C17H18BrN3O/c1-10-7-16(14(9-19)12(3)20-10)21-11(2)13-5-6-17(22-4)15(18)8-13/h5-8,11H,1-4H3,(H,20,21). The van der Waals surface area contributed by atoms with Gasteiger partial charge in [0.2, 0.25) is 0 Å². The number of hydrogen-bond donors (Lipinski definition) is 1. The second-order valence-electron chi connectivity index (χ2n) is 5.14. The Morgan fingerprint density at radius 2 is 2.05 bits per heavy atom. The van der Waals surface area contributed by atoms with E-state index in [1.54, 1.807) is 7.11 Å². The van der Waals surface area contributed by atoms with Crippen molar-refractivity contribution in [1.29, 1.82) is 5.26 Å². The van der Waals surface area contributed by atoms with Gasteiger partial charge in [0.15, 0.2) is 0 Å².